The molecule has 0 unspecified atom stereocenters. The minimum Gasteiger partial charge on any atom is -0.324 e. The van der Waals surface area contributed by atoms with Gasteiger partial charge in [-0.05, 0) is 50.4 Å². The largest absolute Gasteiger partial charge is 0.324 e. The normalized spacial score (nSPS) is 10.8. The highest BCUT2D eigenvalue weighted by molar-refractivity contribution is 7.98. The van der Waals surface area contributed by atoms with Gasteiger partial charge in [-0.3, -0.25) is 9.69 Å². The molecule has 0 saturated heterocycles. The number of thioether (sulfide) groups is 1. The molecular weight excluding hydrogens is 304 g/mol. The molecule has 0 spiro atoms. The number of para-hydroxylation sites is 1. The van der Waals surface area contributed by atoms with Crippen LogP contribution in [0, 0.1) is 13.8 Å². The Labute approximate surface area is 143 Å². The first-order valence-electron chi connectivity index (χ1n) is 7.67. The van der Waals surface area contributed by atoms with Crippen molar-refractivity contribution in [3.05, 3.63) is 59.2 Å². The minimum absolute atomic E-state index is 0.0132. The van der Waals surface area contributed by atoms with Crippen LogP contribution < -0.4 is 5.32 Å². The molecule has 0 aliphatic heterocycles. The average Bonchev–Trinajstić information content (AvgIpc) is 2.51. The number of anilines is 1. The Hall–Kier alpha value is -1.78. The number of likely N-dealkylation sites (N-methyl/N-ethyl adjacent to an activating group) is 1. The Bertz CT molecular complexity index is 685. The van der Waals surface area contributed by atoms with E-state index in [9.17, 15) is 4.79 Å². The van der Waals surface area contributed by atoms with Gasteiger partial charge >= 0.3 is 0 Å². The number of nitrogens with zero attached hydrogens (tertiary/aromatic N) is 1. The number of rotatable bonds is 6. The second-order valence-electron chi connectivity index (χ2n) is 5.85. The Morgan fingerprint density at radius 2 is 1.91 bits per heavy atom. The van der Waals surface area contributed by atoms with Gasteiger partial charge in [0.25, 0.3) is 0 Å². The summed E-state index contributed by atoms with van der Waals surface area (Å²) in [6.45, 7) is 5.34. The van der Waals surface area contributed by atoms with Gasteiger partial charge in [-0.1, -0.05) is 35.9 Å². The van der Waals surface area contributed by atoms with Crippen LogP contribution in [0.2, 0.25) is 0 Å². The maximum atomic E-state index is 12.3. The molecule has 0 aliphatic carbocycles. The van der Waals surface area contributed by atoms with Crippen LogP contribution in [-0.2, 0) is 11.3 Å². The van der Waals surface area contributed by atoms with E-state index in [-0.39, 0.29) is 5.91 Å². The third kappa shape index (κ3) is 5.12. The molecule has 2 aromatic rings. The molecule has 23 heavy (non-hydrogen) atoms. The molecule has 0 atom stereocenters. The van der Waals surface area contributed by atoms with Crippen molar-refractivity contribution >= 4 is 23.4 Å². The van der Waals surface area contributed by atoms with Gasteiger partial charge in [0.1, 0.15) is 0 Å². The summed E-state index contributed by atoms with van der Waals surface area (Å²) < 4.78 is 0. The fraction of sp³-hybridized carbons (Fsp3) is 0.316. The maximum Gasteiger partial charge on any atom is 0.238 e. The molecule has 122 valence electrons. The first kappa shape index (κ1) is 17.6. The zero-order valence-electron chi connectivity index (χ0n) is 14.2. The quantitative estimate of drug-likeness (QED) is 0.811. The summed E-state index contributed by atoms with van der Waals surface area (Å²) in [5.74, 6) is 0.0132. The van der Waals surface area contributed by atoms with E-state index in [1.807, 2.05) is 42.5 Å². The summed E-state index contributed by atoms with van der Waals surface area (Å²) in [5.41, 5.74) is 4.66. The van der Waals surface area contributed by atoms with Crippen molar-refractivity contribution in [3.63, 3.8) is 0 Å². The van der Waals surface area contributed by atoms with Gasteiger partial charge in [-0.2, -0.15) is 0 Å². The van der Waals surface area contributed by atoms with Crippen molar-refractivity contribution in [2.45, 2.75) is 25.3 Å². The van der Waals surface area contributed by atoms with Crippen molar-refractivity contribution in [3.8, 4) is 0 Å². The van der Waals surface area contributed by atoms with Gasteiger partial charge in [-0.15, -0.1) is 11.8 Å². The number of hydrogen-bond acceptors (Lipinski definition) is 3. The van der Waals surface area contributed by atoms with Gasteiger partial charge in [0.05, 0.1) is 12.2 Å². The van der Waals surface area contributed by atoms with Crippen LogP contribution in [0.3, 0.4) is 0 Å². The van der Waals surface area contributed by atoms with Gasteiger partial charge in [0.2, 0.25) is 5.91 Å². The fourth-order valence-corrected chi connectivity index (χ4v) is 3.05. The zero-order chi connectivity index (χ0) is 16.8. The predicted molar refractivity (Wildman–Crippen MR) is 99.1 cm³/mol. The first-order chi connectivity index (χ1) is 11.0. The molecule has 2 rings (SSSR count). The second kappa shape index (κ2) is 8.18. The highest BCUT2D eigenvalue weighted by Gasteiger charge is 2.10. The summed E-state index contributed by atoms with van der Waals surface area (Å²) in [6, 6.07) is 14.3. The summed E-state index contributed by atoms with van der Waals surface area (Å²) in [5, 5.41) is 3.00. The van der Waals surface area contributed by atoms with E-state index in [4.69, 9.17) is 0 Å². The lowest BCUT2D eigenvalue weighted by Gasteiger charge is -2.18. The standard InChI is InChI=1S/C19H24N2OS/c1-14-9-10-15(2)16(11-14)12-21(3)13-19(22)20-17-7-5-6-8-18(17)23-4/h5-11H,12-13H2,1-4H3,(H,20,22). The van der Waals surface area contributed by atoms with E-state index in [0.717, 1.165) is 17.1 Å². The highest BCUT2D eigenvalue weighted by atomic mass is 32.2. The van der Waals surface area contributed by atoms with Gasteiger partial charge in [-0.25, -0.2) is 0 Å². The average molecular weight is 328 g/mol. The summed E-state index contributed by atoms with van der Waals surface area (Å²) in [4.78, 5) is 15.4. The van der Waals surface area contributed by atoms with Crippen molar-refractivity contribution in [1.29, 1.82) is 0 Å². The molecule has 0 fully saturated rings. The molecule has 1 N–H and O–H groups in total. The third-order valence-corrected chi connectivity index (χ3v) is 4.54. The molecule has 0 saturated carbocycles. The molecule has 1 amide bonds. The van der Waals surface area contributed by atoms with Gasteiger partial charge in [0, 0.05) is 11.4 Å². The lowest BCUT2D eigenvalue weighted by atomic mass is 10.1. The van der Waals surface area contributed by atoms with E-state index in [2.05, 4.69) is 37.4 Å². The van der Waals surface area contributed by atoms with Crippen molar-refractivity contribution in [2.75, 3.05) is 25.2 Å². The SMILES string of the molecule is CSc1ccccc1NC(=O)CN(C)Cc1cc(C)ccc1C. The van der Waals surface area contributed by atoms with E-state index in [1.165, 1.54) is 16.7 Å². The van der Waals surface area contributed by atoms with Gasteiger partial charge in [0.15, 0.2) is 0 Å². The van der Waals surface area contributed by atoms with E-state index >= 15 is 0 Å². The maximum absolute atomic E-state index is 12.3. The lowest BCUT2D eigenvalue weighted by Crippen LogP contribution is -2.30. The molecule has 2 aromatic carbocycles. The minimum atomic E-state index is 0.0132. The van der Waals surface area contributed by atoms with Crippen LogP contribution in [0.5, 0.6) is 0 Å². The van der Waals surface area contributed by atoms with E-state index in [0.29, 0.717) is 6.54 Å². The Morgan fingerprint density at radius 3 is 2.65 bits per heavy atom. The van der Waals surface area contributed by atoms with Crippen molar-refractivity contribution in [2.24, 2.45) is 0 Å². The molecule has 0 heterocycles. The lowest BCUT2D eigenvalue weighted by molar-refractivity contribution is -0.117. The Kier molecular flexibility index (Phi) is 6.25. The first-order valence-corrected chi connectivity index (χ1v) is 8.89. The monoisotopic (exact) mass is 328 g/mol. The fourth-order valence-electron chi connectivity index (χ4n) is 2.50. The van der Waals surface area contributed by atoms with E-state index in [1.54, 1.807) is 11.8 Å². The topological polar surface area (TPSA) is 32.3 Å². The smallest absolute Gasteiger partial charge is 0.238 e. The van der Waals surface area contributed by atoms with Crippen molar-refractivity contribution < 1.29 is 4.79 Å². The summed E-state index contributed by atoms with van der Waals surface area (Å²) in [7, 11) is 1.97. The molecule has 0 aromatic heterocycles. The molecule has 3 nitrogen and oxygen atoms in total. The number of benzene rings is 2. The summed E-state index contributed by atoms with van der Waals surface area (Å²) >= 11 is 1.63. The van der Waals surface area contributed by atoms with Crippen molar-refractivity contribution in [1.82, 2.24) is 4.90 Å². The Balaban J connectivity index is 1.96. The van der Waals surface area contributed by atoms with Crippen LogP contribution in [0.25, 0.3) is 0 Å². The number of amides is 1. The molecule has 0 aliphatic rings. The molecule has 0 radical (unpaired) electrons. The van der Waals surface area contributed by atoms with Crippen LogP contribution in [0.4, 0.5) is 5.69 Å². The zero-order valence-corrected chi connectivity index (χ0v) is 15.0. The molecule has 4 heteroatoms. The number of carbonyl (C=O) groups is 1. The number of carbonyl (C=O) groups excluding carboxylic acids is 1. The number of nitrogens with one attached hydrogen (secondary N) is 1. The second-order valence-corrected chi connectivity index (χ2v) is 6.70. The van der Waals surface area contributed by atoms with Crippen LogP contribution >= 0.6 is 11.8 Å². The van der Waals surface area contributed by atoms with Crippen LogP contribution in [0.15, 0.2) is 47.4 Å². The van der Waals surface area contributed by atoms with Crippen LogP contribution in [-0.4, -0.2) is 30.7 Å². The molecular formula is C19H24N2OS. The highest BCUT2D eigenvalue weighted by Crippen LogP contribution is 2.24. The third-order valence-electron chi connectivity index (χ3n) is 3.74. The molecule has 0 bridgehead atoms. The Morgan fingerprint density at radius 1 is 1.17 bits per heavy atom. The number of aryl methyl sites for hydroxylation is 2. The van der Waals surface area contributed by atoms with Gasteiger partial charge < -0.3 is 5.32 Å². The summed E-state index contributed by atoms with van der Waals surface area (Å²) in [6.07, 6.45) is 2.01. The van der Waals surface area contributed by atoms with E-state index < -0.39 is 0 Å². The predicted octanol–water partition coefficient (Wildman–Crippen LogP) is 4.10. The number of hydrogen-bond donors (Lipinski definition) is 1. The van der Waals surface area contributed by atoms with Crippen LogP contribution in [0.1, 0.15) is 16.7 Å².